The third-order valence-electron chi connectivity index (χ3n) is 3.72. The normalized spacial score (nSPS) is 13.9. The summed E-state index contributed by atoms with van der Waals surface area (Å²) in [6, 6.07) is 8.83. The zero-order valence-electron chi connectivity index (χ0n) is 12.4. The number of aryl methyl sites for hydroxylation is 1. The van der Waals surface area contributed by atoms with Gasteiger partial charge in [-0.2, -0.15) is 0 Å². The molecule has 0 aliphatic rings. The molecular weight excluding hydrogens is 234 g/mol. The molecule has 0 aliphatic heterocycles. The minimum absolute atomic E-state index is 0.116. The van der Waals surface area contributed by atoms with Crippen LogP contribution in [-0.4, -0.2) is 17.6 Å². The van der Waals surface area contributed by atoms with Gasteiger partial charge in [0.15, 0.2) is 0 Å². The lowest BCUT2D eigenvalue weighted by atomic mass is 9.92. The summed E-state index contributed by atoms with van der Waals surface area (Å²) in [6.07, 6.45) is 2.04. The van der Waals surface area contributed by atoms with Gasteiger partial charge in [0.2, 0.25) is 0 Å². The Balaban J connectivity index is 2.32. The summed E-state index contributed by atoms with van der Waals surface area (Å²) in [5.41, 5.74) is 9.82. The van der Waals surface area contributed by atoms with Gasteiger partial charge in [0.05, 0.1) is 0 Å². The summed E-state index contributed by atoms with van der Waals surface area (Å²) in [4.78, 5) is 3.47. The van der Waals surface area contributed by atoms with Crippen molar-refractivity contribution in [1.29, 1.82) is 0 Å². The second-order valence-electron chi connectivity index (χ2n) is 6.08. The summed E-state index contributed by atoms with van der Waals surface area (Å²) in [5.74, 6) is 0. The van der Waals surface area contributed by atoms with E-state index in [0.717, 1.165) is 12.8 Å². The first kappa shape index (κ1) is 14.1. The maximum absolute atomic E-state index is 6.11. The number of benzene rings is 1. The molecule has 0 aliphatic carbocycles. The average molecular weight is 259 g/mol. The van der Waals surface area contributed by atoms with Crippen LogP contribution in [0, 0.1) is 6.92 Å². The minimum Gasteiger partial charge on any atom is -0.358 e. The summed E-state index contributed by atoms with van der Waals surface area (Å²) in [7, 11) is 2.02. The van der Waals surface area contributed by atoms with Crippen LogP contribution in [0.3, 0.4) is 0 Å². The largest absolute Gasteiger partial charge is 0.358 e. The van der Waals surface area contributed by atoms with E-state index in [0.29, 0.717) is 6.04 Å². The Labute approximate surface area is 115 Å². The third-order valence-corrected chi connectivity index (χ3v) is 3.72. The summed E-state index contributed by atoms with van der Waals surface area (Å²) < 4.78 is 0. The van der Waals surface area contributed by atoms with Crippen molar-refractivity contribution in [2.75, 3.05) is 7.05 Å². The molecule has 0 fully saturated rings. The highest BCUT2D eigenvalue weighted by atomic mass is 14.9. The van der Waals surface area contributed by atoms with Crippen LogP contribution in [0.2, 0.25) is 0 Å². The number of aromatic amines is 1. The van der Waals surface area contributed by atoms with Gasteiger partial charge in [-0.15, -0.1) is 0 Å². The molecule has 2 rings (SSSR count). The first-order chi connectivity index (χ1) is 8.92. The molecule has 0 bridgehead atoms. The molecule has 0 saturated heterocycles. The lowest BCUT2D eigenvalue weighted by Gasteiger charge is -2.23. The van der Waals surface area contributed by atoms with Crippen molar-refractivity contribution in [3.05, 3.63) is 35.5 Å². The number of H-pyrrole nitrogens is 1. The van der Waals surface area contributed by atoms with Crippen LogP contribution in [0.5, 0.6) is 0 Å². The molecule has 1 heterocycles. The van der Waals surface area contributed by atoms with Crippen LogP contribution in [0.4, 0.5) is 0 Å². The van der Waals surface area contributed by atoms with Gasteiger partial charge in [-0.3, -0.25) is 0 Å². The topological polar surface area (TPSA) is 53.8 Å². The highest BCUT2D eigenvalue weighted by Crippen LogP contribution is 2.31. The molecule has 4 N–H and O–H groups in total. The Bertz CT molecular complexity index is 549. The molecule has 0 saturated carbocycles. The van der Waals surface area contributed by atoms with Gasteiger partial charge in [0.25, 0.3) is 0 Å². The van der Waals surface area contributed by atoms with Crippen LogP contribution in [0.25, 0.3) is 10.9 Å². The maximum Gasteiger partial charge on any atom is 0.0459 e. The molecule has 1 atom stereocenters. The maximum atomic E-state index is 6.11. The summed E-state index contributed by atoms with van der Waals surface area (Å²) in [6.45, 7) is 6.32. The second kappa shape index (κ2) is 5.35. The lowest BCUT2D eigenvalue weighted by Crippen LogP contribution is -2.33. The molecule has 0 spiro atoms. The van der Waals surface area contributed by atoms with Crippen LogP contribution in [0.15, 0.2) is 24.3 Å². The SMILES string of the molecule is CNC(CCC(C)(C)N)c1c(C)[nH]c2ccccc12. The number of fused-ring (bicyclic) bond motifs is 1. The monoisotopic (exact) mass is 259 g/mol. The quantitative estimate of drug-likeness (QED) is 0.772. The Kier molecular flexibility index (Phi) is 3.97. The number of rotatable bonds is 5. The number of nitrogens with two attached hydrogens (primary N) is 1. The molecule has 2 aromatic rings. The van der Waals surface area contributed by atoms with E-state index in [-0.39, 0.29) is 5.54 Å². The van der Waals surface area contributed by atoms with Crippen LogP contribution in [0.1, 0.15) is 44.0 Å². The van der Waals surface area contributed by atoms with Gasteiger partial charge in [-0.25, -0.2) is 0 Å². The fraction of sp³-hybridized carbons (Fsp3) is 0.500. The molecule has 1 aromatic carbocycles. The molecule has 104 valence electrons. The van der Waals surface area contributed by atoms with Gasteiger partial charge in [-0.05, 0) is 52.3 Å². The minimum atomic E-state index is -0.116. The average Bonchev–Trinajstić information content (AvgIpc) is 2.66. The Morgan fingerprint density at radius 2 is 2.00 bits per heavy atom. The van der Waals surface area contributed by atoms with E-state index >= 15 is 0 Å². The Hall–Kier alpha value is -1.32. The fourth-order valence-corrected chi connectivity index (χ4v) is 2.70. The molecule has 1 aromatic heterocycles. The number of aromatic nitrogens is 1. The predicted octanol–water partition coefficient (Wildman–Crippen LogP) is 3.25. The van der Waals surface area contributed by atoms with Crippen molar-refractivity contribution >= 4 is 10.9 Å². The smallest absolute Gasteiger partial charge is 0.0459 e. The van der Waals surface area contributed by atoms with E-state index in [1.165, 1.54) is 22.2 Å². The second-order valence-corrected chi connectivity index (χ2v) is 6.08. The highest BCUT2D eigenvalue weighted by Gasteiger charge is 2.20. The van der Waals surface area contributed by atoms with E-state index in [1.54, 1.807) is 0 Å². The van der Waals surface area contributed by atoms with Crippen molar-refractivity contribution in [1.82, 2.24) is 10.3 Å². The van der Waals surface area contributed by atoms with E-state index < -0.39 is 0 Å². The Morgan fingerprint density at radius 3 is 2.63 bits per heavy atom. The highest BCUT2D eigenvalue weighted by molar-refractivity contribution is 5.85. The fourth-order valence-electron chi connectivity index (χ4n) is 2.70. The van der Waals surface area contributed by atoms with Gasteiger partial charge < -0.3 is 16.0 Å². The van der Waals surface area contributed by atoms with Gasteiger partial charge in [0.1, 0.15) is 0 Å². The summed E-state index contributed by atoms with van der Waals surface area (Å²) in [5, 5.41) is 4.75. The van der Waals surface area contributed by atoms with E-state index in [2.05, 4.69) is 55.3 Å². The third kappa shape index (κ3) is 3.17. The van der Waals surface area contributed by atoms with E-state index in [9.17, 15) is 0 Å². The van der Waals surface area contributed by atoms with Crippen LogP contribution >= 0.6 is 0 Å². The number of hydrogen-bond acceptors (Lipinski definition) is 2. The van der Waals surface area contributed by atoms with Crippen LogP contribution < -0.4 is 11.1 Å². The number of para-hydroxylation sites is 1. The predicted molar refractivity (Wildman–Crippen MR) is 82.3 cm³/mol. The van der Waals surface area contributed by atoms with Crippen molar-refractivity contribution in [2.24, 2.45) is 5.73 Å². The van der Waals surface area contributed by atoms with Crippen molar-refractivity contribution in [3.8, 4) is 0 Å². The lowest BCUT2D eigenvalue weighted by molar-refractivity contribution is 0.411. The zero-order chi connectivity index (χ0) is 14.0. The molecule has 0 amide bonds. The molecule has 3 heteroatoms. The van der Waals surface area contributed by atoms with Crippen LogP contribution in [-0.2, 0) is 0 Å². The van der Waals surface area contributed by atoms with Gasteiger partial charge in [0, 0.05) is 28.2 Å². The van der Waals surface area contributed by atoms with Gasteiger partial charge in [-0.1, -0.05) is 18.2 Å². The molecular formula is C16H25N3. The molecule has 1 unspecified atom stereocenters. The van der Waals surface area contributed by atoms with Crippen molar-refractivity contribution < 1.29 is 0 Å². The van der Waals surface area contributed by atoms with E-state index in [1.807, 2.05) is 7.05 Å². The van der Waals surface area contributed by atoms with Gasteiger partial charge >= 0.3 is 0 Å². The standard InChI is InChI=1S/C16H25N3/c1-11-15(12-7-5-6-8-13(12)19-11)14(18-4)9-10-16(2,3)17/h5-8,14,18-19H,9-10,17H2,1-4H3. The summed E-state index contributed by atoms with van der Waals surface area (Å²) >= 11 is 0. The molecule has 19 heavy (non-hydrogen) atoms. The number of nitrogens with one attached hydrogen (secondary N) is 2. The first-order valence-corrected chi connectivity index (χ1v) is 6.96. The first-order valence-electron chi connectivity index (χ1n) is 6.96. The molecule has 0 radical (unpaired) electrons. The zero-order valence-corrected chi connectivity index (χ0v) is 12.4. The molecule has 3 nitrogen and oxygen atoms in total. The van der Waals surface area contributed by atoms with E-state index in [4.69, 9.17) is 5.73 Å². The van der Waals surface area contributed by atoms with Crippen molar-refractivity contribution in [3.63, 3.8) is 0 Å². The number of hydrogen-bond donors (Lipinski definition) is 3. The Morgan fingerprint density at radius 1 is 1.32 bits per heavy atom. The van der Waals surface area contributed by atoms with Crippen molar-refractivity contribution in [2.45, 2.75) is 45.2 Å².